The molecule has 0 bridgehead atoms. The van der Waals surface area contributed by atoms with Gasteiger partial charge in [-0.2, -0.15) is 5.10 Å². The number of hydrogen-bond donors (Lipinski definition) is 0. The van der Waals surface area contributed by atoms with Gasteiger partial charge in [0.05, 0.1) is 23.7 Å². The zero-order chi connectivity index (χ0) is 18.4. The Labute approximate surface area is 170 Å². The first-order chi connectivity index (χ1) is 13.2. The van der Waals surface area contributed by atoms with Crippen molar-refractivity contribution in [2.45, 2.75) is 18.7 Å². The van der Waals surface area contributed by atoms with Gasteiger partial charge in [-0.25, -0.2) is 5.01 Å². The topological polar surface area (TPSA) is 34.1 Å². The highest BCUT2D eigenvalue weighted by atomic mass is 79.9. The molecule has 0 aliphatic carbocycles. The molecule has 2 aliphatic heterocycles. The van der Waals surface area contributed by atoms with Crippen molar-refractivity contribution in [3.05, 3.63) is 80.5 Å². The second kappa shape index (κ2) is 6.69. The molecule has 0 radical (unpaired) electrons. The van der Waals surface area contributed by atoms with E-state index in [2.05, 4.69) is 44.5 Å². The van der Waals surface area contributed by atoms with Gasteiger partial charge in [-0.3, -0.25) is 0 Å². The first-order valence-electron chi connectivity index (χ1n) is 8.72. The predicted molar refractivity (Wildman–Crippen MR) is 111 cm³/mol. The predicted octanol–water partition coefficient (Wildman–Crippen LogP) is 5.76. The van der Waals surface area contributed by atoms with Crippen LogP contribution in [-0.4, -0.2) is 17.8 Å². The van der Waals surface area contributed by atoms with Crippen LogP contribution in [0.4, 0.5) is 0 Å². The molecule has 2 aliphatic rings. The van der Waals surface area contributed by atoms with E-state index in [9.17, 15) is 0 Å². The number of benzene rings is 2. The Balaban J connectivity index is 1.59. The molecule has 0 fully saturated rings. The minimum Gasteiger partial charge on any atom is -0.497 e. The van der Waals surface area contributed by atoms with Gasteiger partial charge < -0.3 is 9.47 Å². The number of nitrogens with zero attached hydrogens (tertiary/aromatic N) is 2. The molecular weight excluding hydrogens is 424 g/mol. The summed E-state index contributed by atoms with van der Waals surface area (Å²) in [6.07, 6.45) is 0.618. The van der Waals surface area contributed by atoms with Crippen molar-refractivity contribution in [3.63, 3.8) is 0 Å². The number of fused-ring (bicyclic) bond motifs is 3. The Morgan fingerprint density at radius 3 is 2.78 bits per heavy atom. The smallest absolute Gasteiger partial charge is 0.213 e. The average Bonchev–Trinajstić information content (AvgIpc) is 3.37. The van der Waals surface area contributed by atoms with E-state index < -0.39 is 0 Å². The standard InChI is InChI=1S/C21H17BrN2O2S/c1-25-15-7-4-13(5-8-15)21-24-18(12-17(23-24)20-3-2-10-27-20)16-11-14(22)6-9-19(16)26-21/h2-11,18,21H,12H2,1H3/t18-,21+/m0/s1. The van der Waals surface area contributed by atoms with Gasteiger partial charge in [0.25, 0.3) is 0 Å². The third kappa shape index (κ3) is 2.93. The molecule has 0 amide bonds. The normalized spacial score (nSPS) is 20.5. The van der Waals surface area contributed by atoms with E-state index in [1.807, 2.05) is 36.4 Å². The fourth-order valence-corrected chi connectivity index (χ4v) is 4.74. The SMILES string of the molecule is COc1ccc([C@H]2Oc3ccc(Br)cc3[C@@H]3CC(c4cccs4)=NN23)cc1. The Bertz CT molecular complexity index is 1000. The maximum atomic E-state index is 6.39. The van der Waals surface area contributed by atoms with E-state index in [1.165, 1.54) is 10.4 Å². The molecule has 0 spiro atoms. The van der Waals surface area contributed by atoms with E-state index in [1.54, 1.807) is 18.4 Å². The largest absolute Gasteiger partial charge is 0.497 e. The molecule has 3 heterocycles. The van der Waals surface area contributed by atoms with Gasteiger partial charge in [-0.15, -0.1) is 11.3 Å². The van der Waals surface area contributed by atoms with E-state index in [4.69, 9.17) is 14.6 Å². The van der Waals surface area contributed by atoms with Crippen LogP contribution in [0.3, 0.4) is 0 Å². The molecule has 136 valence electrons. The molecule has 0 saturated heterocycles. The minimum atomic E-state index is -0.257. The van der Waals surface area contributed by atoms with Crippen molar-refractivity contribution in [1.29, 1.82) is 0 Å². The van der Waals surface area contributed by atoms with Gasteiger partial charge in [0.15, 0.2) is 0 Å². The lowest BCUT2D eigenvalue weighted by molar-refractivity contribution is -0.0191. The van der Waals surface area contributed by atoms with Crippen LogP contribution < -0.4 is 9.47 Å². The molecule has 3 aromatic rings. The highest BCUT2D eigenvalue weighted by Crippen LogP contribution is 2.48. The lowest BCUT2D eigenvalue weighted by Crippen LogP contribution is -2.33. The van der Waals surface area contributed by atoms with E-state index >= 15 is 0 Å². The number of thiophene rings is 1. The summed E-state index contributed by atoms with van der Waals surface area (Å²) < 4.78 is 12.7. The monoisotopic (exact) mass is 440 g/mol. The minimum absolute atomic E-state index is 0.162. The summed E-state index contributed by atoms with van der Waals surface area (Å²) in [5, 5.41) is 9.17. The third-order valence-electron chi connectivity index (χ3n) is 4.96. The molecule has 0 N–H and O–H groups in total. The molecule has 2 aromatic carbocycles. The maximum absolute atomic E-state index is 6.39. The van der Waals surface area contributed by atoms with Crippen LogP contribution in [0.5, 0.6) is 11.5 Å². The van der Waals surface area contributed by atoms with Crippen LogP contribution in [0.25, 0.3) is 0 Å². The van der Waals surface area contributed by atoms with Gasteiger partial charge in [-0.1, -0.05) is 22.0 Å². The van der Waals surface area contributed by atoms with Crippen molar-refractivity contribution in [2.75, 3.05) is 7.11 Å². The van der Waals surface area contributed by atoms with Crippen molar-refractivity contribution in [2.24, 2.45) is 5.10 Å². The molecule has 0 saturated carbocycles. The van der Waals surface area contributed by atoms with Crippen molar-refractivity contribution in [1.82, 2.24) is 5.01 Å². The summed E-state index contributed by atoms with van der Waals surface area (Å²) in [6, 6.07) is 18.6. The number of ether oxygens (including phenoxy) is 2. The fraction of sp³-hybridized carbons (Fsp3) is 0.190. The molecule has 0 unspecified atom stereocenters. The Kier molecular flexibility index (Phi) is 4.17. The average molecular weight is 441 g/mol. The summed E-state index contributed by atoms with van der Waals surface area (Å²) in [5.41, 5.74) is 3.35. The van der Waals surface area contributed by atoms with E-state index in [0.29, 0.717) is 0 Å². The van der Waals surface area contributed by atoms with Crippen LogP contribution in [0.2, 0.25) is 0 Å². The first kappa shape index (κ1) is 16.8. The second-order valence-corrected chi connectivity index (χ2v) is 8.41. The molecular formula is C21H17BrN2O2S. The Morgan fingerprint density at radius 1 is 1.19 bits per heavy atom. The van der Waals surface area contributed by atoms with Crippen LogP contribution in [0, 0.1) is 0 Å². The summed E-state index contributed by atoms with van der Waals surface area (Å²) >= 11 is 5.32. The van der Waals surface area contributed by atoms with Gasteiger partial charge in [-0.05, 0) is 53.9 Å². The van der Waals surface area contributed by atoms with Crippen LogP contribution in [-0.2, 0) is 0 Å². The zero-order valence-electron chi connectivity index (χ0n) is 14.6. The van der Waals surface area contributed by atoms with E-state index in [-0.39, 0.29) is 12.3 Å². The van der Waals surface area contributed by atoms with Gasteiger partial charge in [0.2, 0.25) is 6.23 Å². The number of halogens is 1. The fourth-order valence-electron chi connectivity index (χ4n) is 3.64. The second-order valence-electron chi connectivity index (χ2n) is 6.55. The maximum Gasteiger partial charge on any atom is 0.213 e. The van der Waals surface area contributed by atoms with E-state index in [0.717, 1.165) is 33.7 Å². The Morgan fingerprint density at radius 2 is 2.04 bits per heavy atom. The summed E-state index contributed by atoms with van der Waals surface area (Å²) in [6.45, 7) is 0. The third-order valence-corrected chi connectivity index (χ3v) is 6.37. The summed E-state index contributed by atoms with van der Waals surface area (Å²) in [4.78, 5) is 1.22. The van der Waals surface area contributed by atoms with Crippen molar-refractivity contribution >= 4 is 33.0 Å². The summed E-state index contributed by atoms with van der Waals surface area (Å²) in [7, 11) is 1.67. The van der Waals surface area contributed by atoms with Gasteiger partial charge in [0.1, 0.15) is 11.5 Å². The quantitative estimate of drug-likeness (QED) is 0.518. The molecule has 4 nitrogen and oxygen atoms in total. The number of methoxy groups -OCH3 is 1. The van der Waals surface area contributed by atoms with Crippen molar-refractivity contribution < 1.29 is 9.47 Å². The molecule has 6 heteroatoms. The van der Waals surface area contributed by atoms with Gasteiger partial charge in [0, 0.05) is 22.0 Å². The summed E-state index contributed by atoms with van der Waals surface area (Å²) in [5.74, 6) is 1.75. The van der Waals surface area contributed by atoms with Crippen LogP contribution >= 0.6 is 27.3 Å². The number of hydrazone groups is 1. The molecule has 2 atom stereocenters. The van der Waals surface area contributed by atoms with Crippen LogP contribution in [0.15, 0.2) is 69.6 Å². The zero-order valence-corrected chi connectivity index (χ0v) is 17.0. The van der Waals surface area contributed by atoms with Gasteiger partial charge >= 0.3 is 0 Å². The highest BCUT2D eigenvalue weighted by molar-refractivity contribution is 9.10. The number of hydrogen-bond acceptors (Lipinski definition) is 5. The number of rotatable bonds is 3. The molecule has 1 aromatic heterocycles. The molecule has 27 heavy (non-hydrogen) atoms. The molecule has 5 rings (SSSR count). The highest BCUT2D eigenvalue weighted by Gasteiger charge is 2.41. The lowest BCUT2D eigenvalue weighted by atomic mass is 9.97. The van der Waals surface area contributed by atoms with Crippen LogP contribution in [0.1, 0.15) is 34.7 Å². The first-order valence-corrected chi connectivity index (χ1v) is 10.4. The lowest BCUT2D eigenvalue weighted by Gasteiger charge is -2.38. The Hall–Kier alpha value is -2.31. The van der Waals surface area contributed by atoms with Crippen molar-refractivity contribution in [3.8, 4) is 11.5 Å².